The van der Waals surface area contributed by atoms with Gasteiger partial charge in [0.15, 0.2) is 5.11 Å². The molecule has 132 valence electrons. The van der Waals surface area contributed by atoms with E-state index in [1.54, 1.807) is 18.2 Å². The fourth-order valence-corrected chi connectivity index (χ4v) is 3.15. The van der Waals surface area contributed by atoms with E-state index < -0.39 is 5.91 Å². The highest BCUT2D eigenvalue weighted by molar-refractivity contribution is 7.80. The van der Waals surface area contributed by atoms with Crippen LogP contribution < -0.4 is 20.1 Å². The van der Waals surface area contributed by atoms with Crippen molar-refractivity contribution in [2.45, 2.75) is 0 Å². The Morgan fingerprint density at radius 1 is 1.04 bits per heavy atom. The predicted octanol–water partition coefficient (Wildman–Crippen LogP) is 4.79. The molecule has 2 aromatic rings. The molecule has 0 saturated carbocycles. The van der Waals surface area contributed by atoms with E-state index in [0.717, 1.165) is 0 Å². The van der Waals surface area contributed by atoms with E-state index in [1.807, 2.05) is 0 Å². The van der Waals surface area contributed by atoms with Gasteiger partial charge in [-0.1, -0.05) is 40.9 Å². The van der Waals surface area contributed by atoms with Gasteiger partial charge in [-0.2, -0.15) is 0 Å². The maximum Gasteiger partial charge on any atom is 0.264 e. The van der Waals surface area contributed by atoms with Gasteiger partial charge in [-0.25, -0.2) is 0 Å². The quantitative estimate of drug-likeness (QED) is 0.698. The van der Waals surface area contributed by atoms with Gasteiger partial charge >= 0.3 is 0 Å². The second-order valence-corrected chi connectivity index (χ2v) is 6.35. The molecule has 0 radical (unpaired) electrons. The Morgan fingerprint density at radius 3 is 2.04 bits per heavy atom. The topological polar surface area (TPSA) is 59.6 Å². The Morgan fingerprint density at radius 2 is 1.56 bits per heavy atom. The largest absolute Gasteiger partial charge is 0.496 e. The lowest BCUT2D eigenvalue weighted by Gasteiger charge is -2.15. The summed E-state index contributed by atoms with van der Waals surface area (Å²) in [7, 11) is 2.91. The summed E-state index contributed by atoms with van der Waals surface area (Å²) in [6.45, 7) is 0. The van der Waals surface area contributed by atoms with Gasteiger partial charge in [0.1, 0.15) is 17.1 Å². The first kappa shape index (κ1) is 19.6. The molecule has 2 rings (SSSR count). The van der Waals surface area contributed by atoms with Crippen LogP contribution in [0, 0.1) is 0 Å². The minimum absolute atomic E-state index is 0.00378. The van der Waals surface area contributed by atoms with Crippen LogP contribution in [0.1, 0.15) is 10.4 Å². The molecule has 1 amide bonds. The molecule has 5 nitrogen and oxygen atoms in total. The smallest absolute Gasteiger partial charge is 0.264 e. The van der Waals surface area contributed by atoms with Crippen LogP contribution in [0.15, 0.2) is 30.3 Å². The van der Waals surface area contributed by atoms with Gasteiger partial charge in [-0.15, -0.1) is 0 Å². The van der Waals surface area contributed by atoms with Crippen molar-refractivity contribution in [2.75, 3.05) is 19.5 Å². The van der Waals surface area contributed by atoms with E-state index in [4.69, 9.17) is 56.5 Å². The predicted molar refractivity (Wildman–Crippen MR) is 105 cm³/mol. The summed E-state index contributed by atoms with van der Waals surface area (Å²) in [5.41, 5.74) is 0.551. The third kappa shape index (κ3) is 4.67. The number of methoxy groups -OCH3 is 2. The number of hydrogen-bond acceptors (Lipinski definition) is 4. The maximum atomic E-state index is 12.5. The summed E-state index contributed by atoms with van der Waals surface area (Å²) >= 11 is 23.2. The minimum Gasteiger partial charge on any atom is -0.496 e. The normalized spacial score (nSPS) is 10.1. The maximum absolute atomic E-state index is 12.5. The van der Waals surface area contributed by atoms with Crippen molar-refractivity contribution < 1.29 is 14.3 Å². The molecule has 0 unspecified atom stereocenters. The van der Waals surface area contributed by atoms with Crippen molar-refractivity contribution in [2.24, 2.45) is 0 Å². The van der Waals surface area contributed by atoms with Gasteiger partial charge < -0.3 is 14.8 Å². The molecule has 2 N–H and O–H groups in total. The van der Waals surface area contributed by atoms with Crippen molar-refractivity contribution in [3.8, 4) is 11.5 Å². The fourth-order valence-electron chi connectivity index (χ4n) is 2.05. The minimum atomic E-state index is -0.506. The first-order valence-electron chi connectivity index (χ1n) is 6.85. The number of carbonyl (C=O) groups excluding carboxylic acids is 1. The van der Waals surface area contributed by atoms with E-state index >= 15 is 0 Å². The molecule has 0 aliphatic heterocycles. The van der Waals surface area contributed by atoms with Gasteiger partial charge in [0.2, 0.25) is 0 Å². The molecule has 0 bridgehead atoms. The number of anilines is 1. The van der Waals surface area contributed by atoms with Gasteiger partial charge in [0.05, 0.1) is 30.0 Å². The van der Waals surface area contributed by atoms with Crippen molar-refractivity contribution >= 4 is 63.7 Å². The van der Waals surface area contributed by atoms with Crippen LogP contribution in [0.3, 0.4) is 0 Å². The molecule has 0 aromatic heterocycles. The van der Waals surface area contributed by atoms with Crippen molar-refractivity contribution in [1.29, 1.82) is 0 Å². The highest BCUT2D eigenvalue weighted by atomic mass is 35.5. The first-order chi connectivity index (χ1) is 11.9. The van der Waals surface area contributed by atoms with Gasteiger partial charge in [-0.05, 0) is 36.5 Å². The monoisotopic (exact) mass is 418 g/mol. The van der Waals surface area contributed by atoms with Crippen LogP contribution in [0.25, 0.3) is 0 Å². The van der Waals surface area contributed by atoms with Crippen LogP contribution >= 0.6 is 47.0 Å². The Balaban J connectivity index is 2.21. The average molecular weight is 420 g/mol. The zero-order valence-corrected chi connectivity index (χ0v) is 16.2. The molecule has 0 heterocycles. The number of amides is 1. The van der Waals surface area contributed by atoms with E-state index in [9.17, 15) is 4.79 Å². The lowest BCUT2D eigenvalue weighted by Crippen LogP contribution is -2.34. The Labute approximate surface area is 165 Å². The number of carbonyl (C=O) groups is 1. The SMILES string of the molecule is COc1cccc(OC)c1C(=O)NC(=S)Nc1c(Cl)cc(Cl)cc1Cl. The van der Waals surface area contributed by atoms with Crippen LogP contribution in [0.4, 0.5) is 5.69 Å². The van der Waals surface area contributed by atoms with E-state index in [1.165, 1.54) is 26.4 Å². The number of rotatable bonds is 4. The zero-order chi connectivity index (χ0) is 18.6. The van der Waals surface area contributed by atoms with Crippen molar-refractivity contribution in [3.63, 3.8) is 0 Å². The van der Waals surface area contributed by atoms with Gasteiger partial charge in [-0.3, -0.25) is 10.1 Å². The molecular formula is C16H13Cl3N2O3S. The van der Waals surface area contributed by atoms with Crippen molar-refractivity contribution in [3.05, 3.63) is 51.0 Å². The molecule has 0 aliphatic rings. The van der Waals surface area contributed by atoms with Crippen LogP contribution in [0.5, 0.6) is 11.5 Å². The second-order valence-electron chi connectivity index (χ2n) is 4.69. The number of benzene rings is 2. The first-order valence-corrected chi connectivity index (χ1v) is 8.39. The average Bonchev–Trinajstić information content (AvgIpc) is 2.57. The van der Waals surface area contributed by atoms with E-state index in [0.29, 0.717) is 22.2 Å². The number of thiocarbonyl (C=S) groups is 1. The summed E-state index contributed by atoms with van der Waals surface area (Å²) in [6, 6.07) is 8.00. The zero-order valence-electron chi connectivity index (χ0n) is 13.2. The van der Waals surface area contributed by atoms with Crippen LogP contribution in [0.2, 0.25) is 15.1 Å². The highest BCUT2D eigenvalue weighted by Crippen LogP contribution is 2.33. The second kappa shape index (κ2) is 8.58. The number of ether oxygens (including phenoxy) is 2. The van der Waals surface area contributed by atoms with Crippen molar-refractivity contribution in [1.82, 2.24) is 5.32 Å². The molecule has 0 aliphatic carbocycles. The molecule has 0 spiro atoms. The van der Waals surface area contributed by atoms with E-state index in [-0.39, 0.29) is 20.7 Å². The van der Waals surface area contributed by atoms with Gasteiger partial charge in [0.25, 0.3) is 5.91 Å². The van der Waals surface area contributed by atoms with Crippen LogP contribution in [-0.2, 0) is 0 Å². The third-order valence-electron chi connectivity index (χ3n) is 3.13. The number of nitrogens with one attached hydrogen (secondary N) is 2. The third-order valence-corrected chi connectivity index (χ3v) is 4.15. The highest BCUT2D eigenvalue weighted by Gasteiger charge is 2.19. The molecule has 0 atom stereocenters. The van der Waals surface area contributed by atoms with Gasteiger partial charge in [0, 0.05) is 5.02 Å². The number of hydrogen-bond donors (Lipinski definition) is 2. The summed E-state index contributed by atoms with van der Waals surface area (Å²) in [6.07, 6.45) is 0. The Bertz CT molecular complexity index is 785. The summed E-state index contributed by atoms with van der Waals surface area (Å²) < 4.78 is 10.4. The summed E-state index contributed by atoms with van der Waals surface area (Å²) in [4.78, 5) is 12.5. The molecule has 9 heteroatoms. The fraction of sp³-hybridized carbons (Fsp3) is 0.125. The molecule has 0 fully saturated rings. The number of halogens is 3. The summed E-state index contributed by atoms with van der Waals surface area (Å²) in [5, 5.41) is 6.23. The Kier molecular flexibility index (Phi) is 6.72. The molecule has 0 saturated heterocycles. The summed E-state index contributed by atoms with van der Waals surface area (Å²) in [5.74, 6) is 0.192. The molecule has 2 aromatic carbocycles. The van der Waals surface area contributed by atoms with E-state index in [2.05, 4.69) is 10.6 Å². The lowest BCUT2D eigenvalue weighted by molar-refractivity contribution is 0.0971. The lowest BCUT2D eigenvalue weighted by atomic mass is 10.1. The standard InChI is InChI=1S/C16H13Cl3N2O3S/c1-23-11-4-3-5-12(24-2)13(11)15(22)21-16(25)20-14-9(18)6-8(17)7-10(14)19/h3-7H,1-2H3,(H2,20,21,22,25). The van der Waals surface area contributed by atoms with Crippen LogP contribution in [-0.4, -0.2) is 25.2 Å². The molecule has 25 heavy (non-hydrogen) atoms. The Hall–Kier alpha value is -1.73. The molecular weight excluding hydrogens is 407 g/mol.